The van der Waals surface area contributed by atoms with Gasteiger partial charge in [0.05, 0.1) is 0 Å². The molecule has 0 aliphatic heterocycles. The third kappa shape index (κ3) is 3.42. The molecule has 0 fully saturated rings. The molecule has 0 aliphatic carbocycles. The zero-order chi connectivity index (χ0) is 12.0. The van der Waals surface area contributed by atoms with E-state index in [1.165, 1.54) is 0 Å². The summed E-state index contributed by atoms with van der Waals surface area (Å²) < 4.78 is 5.56. The third-order valence-electron chi connectivity index (χ3n) is 2.19. The Balaban J connectivity index is 2.57. The molecule has 1 aromatic rings. The van der Waals surface area contributed by atoms with Gasteiger partial charge in [-0.3, -0.25) is 4.79 Å². The van der Waals surface area contributed by atoms with Crippen molar-refractivity contribution < 1.29 is 9.53 Å². The highest BCUT2D eigenvalue weighted by atomic mass is 16.5. The molecule has 0 aliphatic rings. The van der Waals surface area contributed by atoms with E-state index in [1.807, 2.05) is 31.2 Å². The van der Waals surface area contributed by atoms with Crippen LogP contribution in [0.2, 0.25) is 0 Å². The molecule has 1 rings (SSSR count). The highest BCUT2D eigenvalue weighted by Crippen LogP contribution is 2.17. The minimum atomic E-state index is -0.499. The number of aryl methyl sites for hydroxylation is 1. The number of nitrogens with one attached hydrogen (secondary N) is 1. The zero-order valence-corrected chi connectivity index (χ0v) is 9.69. The zero-order valence-electron chi connectivity index (χ0n) is 9.69. The van der Waals surface area contributed by atoms with E-state index < -0.39 is 6.10 Å². The number of carbonyl (C=O) groups excluding carboxylic acids is 1. The summed E-state index contributed by atoms with van der Waals surface area (Å²) in [5.74, 6) is 0.604. The Morgan fingerprint density at radius 1 is 1.56 bits per heavy atom. The Hall–Kier alpha value is -1.77. The number of hydrogen-bond donors (Lipinski definition) is 1. The topological polar surface area (TPSA) is 38.3 Å². The fraction of sp³-hybridized carbons (Fsp3) is 0.308. The predicted molar refractivity (Wildman–Crippen MR) is 64.5 cm³/mol. The second kappa shape index (κ2) is 5.95. The van der Waals surface area contributed by atoms with E-state index >= 15 is 0 Å². The Morgan fingerprint density at radius 2 is 2.25 bits per heavy atom. The van der Waals surface area contributed by atoms with E-state index in [9.17, 15) is 4.79 Å². The van der Waals surface area contributed by atoms with Crippen LogP contribution in [0.1, 0.15) is 12.5 Å². The summed E-state index contributed by atoms with van der Waals surface area (Å²) in [5.41, 5.74) is 1.02. The van der Waals surface area contributed by atoms with Gasteiger partial charge in [0.15, 0.2) is 6.10 Å². The maximum absolute atomic E-state index is 11.5. The maximum Gasteiger partial charge on any atom is 0.261 e. The van der Waals surface area contributed by atoms with Gasteiger partial charge in [-0.1, -0.05) is 24.3 Å². The highest BCUT2D eigenvalue weighted by molar-refractivity contribution is 5.80. The Kier molecular flexibility index (Phi) is 4.58. The van der Waals surface area contributed by atoms with E-state index in [-0.39, 0.29) is 5.91 Å². The lowest BCUT2D eigenvalue weighted by Gasteiger charge is -2.15. The maximum atomic E-state index is 11.5. The quantitative estimate of drug-likeness (QED) is 0.770. The van der Waals surface area contributed by atoms with Crippen LogP contribution in [0.3, 0.4) is 0 Å². The molecule has 0 saturated heterocycles. The van der Waals surface area contributed by atoms with Crippen LogP contribution in [-0.4, -0.2) is 18.6 Å². The molecule has 0 aromatic heterocycles. The van der Waals surface area contributed by atoms with Gasteiger partial charge >= 0.3 is 0 Å². The summed E-state index contributed by atoms with van der Waals surface area (Å²) in [6.07, 6.45) is 1.14. The van der Waals surface area contributed by atoms with Gasteiger partial charge in [0, 0.05) is 6.54 Å². The summed E-state index contributed by atoms with van der Waals surface area (Å²) in [5, 5.41) is 2.69. The molecule has 1 N–H and O–H groups in total. The molecule has 1 atom stereocenters. The van der Waals surface area contributed by atoms with Crippen LogP contribution in [0.5, 0.6) is 5.75 Å². The SMILES string of the molecule is C=CCNC(=O)[C@@H](C)Oc1ccccc1C. The molecule has 0 heterocycles. The molecule has 16 heavy (non-hydrogen) atoms. The number of hydrogen-bond acceptors (Lipinski definition) is 2. The van der Waals surface area contributed by atoms with Crippen molar-refractivity contribution >= 4 is 5.91 Å². The summed E-state index contributed by atoms with van der Waals surface area (Å²) in [6, 6.07) is 7.62. The molecule has 0 radical (unpaired) electrons. The molecular weight excluding hydrogens is 202 g/mol. The number of benzene rings is 1. The monoisotopic (exact) mass is 219 g/mol. The van der Waals surface area contributed by atoms with E-state index in [4.69, 9.17) is 4.74 Å². The summed E-state index contributed by atoms with van der Waals surface area (Å²) in [4.78, 5) is 11.5. The van der Waals surface area contributed by atoms with Gasteiger partial charge in [-0.2, -0.15) is 0 Å². The van der Waals surface area contributed by atoms with Crippen molar-refractivity contribution in [3.8, 4) is 5.75 Å². The van der Waals surface area contributed by atoms with Crippen LogP contribution in [0.25, 0.3) is 0 Å². The van der Waals surface area contributed by atoms with E-state index in [1.54, 1.807) is 13.0 Å². The Labute approximate surface area is 96.1 Å². The average molecular weight is 219 g/mol. The van der Waals surface area contributed by atoms with Crippen molar-refractivity contribution in [3.63, 3.8) is 0 Å². The third-order valence-corrected chi connectivity index (χ3v) is 2.19. The lowest BCUT2D eigenvalue weighted by Crippen LogP contribution is -2.36. The Morgan fingerprint density at radius 3 is 2.88 bits per heavy atom. The summed E-state index contributed by atoms with van der Waals surface area (Å²) in [7, 11) is 0. The second-order valence-corrected chi connectivity index (χ2v) is 3.56. The predicted octanol–water partition coefficient (Wildman–Crippen LogP) is 2.06. The minimum absolute atomic E-state index is 0.136. The smallest absolute Gasteiger partial charge is 0.261 e. The van der Waals surface area contributed by atoms with Crippen molar-refractivity contribution in [1.82, 2.24) is 5.32 Å². The summed E-state index contributed by atoms with van der Waals surface area (Å²) >= 11 is 0. The normalized spacial score (nSPS) is 11.6. The molecule has 0 spiro atoms. The largest absolute Gasteiger partial charge is 0.481 e. The molecule has 0 saturated carbocycles. The van der Waals surface area contributed by atoms with Gasteiger partial charge in [0.2, 0.25) is 0 Å². The van der Waals surface area contributed by atoms with Crippen LogP contribution >= 0.6 is 0 Å². The van der Waals surface area contributed by atoms with Crippen LogP contribution < -0.4 is 10.1 Å². The van der Waals surface area contributed by atoms with Gasteiger partial charge in [-0.25, -0.2) is 0 Å². The lowest BCUT2D eigenvalue weighted by molar-refractivity contribution is -0.127. The average Bonchev–Trinajstić information content (AvgIpc) is 2.28. The van der Waals surface area contributed by atoms with Gasteiger partial charge < -0.3 is 10.1 Å². The van der Waals surface area contributed by atoms with E-state index in [0.29, 0.717) is 6.54 Å². The van der Waals surface area contributed by atoms with Crippen molar-refractivity contribution in [2.75, 3.05) is 6.54 Å². The molecule has 1 aromatic carbocycles. The van der Waals surface area contributed by atoms with Crippen molar-refractivity contribution in [2.45, 2.75) is 20.0 Å². The van der Waals surface area contributed by atoms with Crippen molar-refractivity contribution in [1.29, 1.82) is 0 Å². The first kappa shape index (κ1) is 12.3. The van der Waals surface area contributed by atoms with Crippen LogP contribution in [0.15, 0.2) is 36.9 Å². The first-order chi connectivity index (χ1) is 7.65. The first-order valence-corrected chi connectivity index (χ1v) is 5.26. The van der Waals surface area contributed by atoms with Gasteiger partial charge in [0.1, 0.15) is 5.75 Å². The molecule has 3 nitrogen and oxygen atoms in total. The minimum Gasteiger partial charge on any atom is -0.481 e. The van der Waals surface area contributed by atoms with Crippen LogP contribution in [0, 0.1) is 6.92 Å². The lowest BCUT2D eigenvalue weighted by atomic mass is 10.2. The molecule has 0 bridgehead atoms. The molecule has 0 unspecified atom stereocenters. The molecule has 86 valence electrons. The fourth-order valence-corrected chi connectivity index (χ4v) is 1.25. The number of rotatable bonds is 5. The number of carbonyl (C=O) groups is 1. The number of amides is 1. The van der Waals surface area contributed by atoms with Gasteiger partial charge in [-0.15, -0.1) is 6.58 Å². The fourth-order valence-electron chi connectivity index (χ4n) is 1.25. The van der Waals surface area contributed by atoms with Crippen LogP contribution in [0.4, 0.5) is 0 Å². The Bertz CT molecular complexity index is 374. The number of para-hydroxylation sites is 1. The molecule has 3 heteroatoms. The van der Waals surface area contributed by atoms with Crippen molar-refractivity contribution in [2.24, 2.45) is 0 Å². The van der Waals surface area contributed by atoms with Crippen LogP contribution in [-0.2, 0) is 4.79 Å². The van der Waals surface area contributed by atoms with E-state index in [0.717, 1.165) is 11.3 Å². The van der Waals surface area contributed by atoms with Gasteiger partial charge in [-0.05, 0) is 25.5 Å². The van der Waals surface area contributed by atoms with Gasteiger partial charge in [0.25, 0.3) is 5.91 Å². The first-order valence-electron chi connectivity index (χ1n) is 5.26. The number of ether oxygens (including phenoxy) is 1. The highest BCUT2D eigenvalue weighted by Gasteiger charge is 2.13. The standard InChI is InChI=1S/C13H17NO2/c1-4-9-14-13(15)11(3)16-12-8-6-5-7-10(12)2/h4-8,11H,1,9H2,2-3H3,(H,14,15)/t11-/m1/s1. The molecular formula is C13H17NO2. The van der Waals surface area contributed by atoms with E-state index in [2.05, 4.69) is 11.9 Å². The molecule has 1 amide bonds. The summed E-state index contributed by atoms with van der Waals surface area (Å²) in [6.45, 7) is 7.67. The second-order valence-electron chi connectivity index (χ2n) is 3.56. The van der Waals surface area contributed by atoms with Crippen molar-refractivity contribution in [3.05, 3.63) is 42.5 Å².